The van der Waals surface area contributed by atoms with E-state index in [1.165, 1.54) is 31.4 Å². The average molecular weight is 442 g/mol. The number of halogens is 1. The Bertz CT molecular complexity index is 1070. The fraction of sp³-hybridized carbons (Fsp3) is 0.304. The Morgan fingerprint density at radius 3 is 2.81 bits per heavy atom. The van der Waals surface area contributed by atoms with Crippen molar-refractivity contribution >= 4 is 23.6 Å². The first kappa shape index (κ1) is 21.8. The van der Waals surface area contributed by atoms with Gasteiger partial charge in [-0.15, -0.1) is 0 Å². The maximum absolute atomic E-state index is 13.6. The van der Waals surface area contributed by atoms with Gasteiger partial charge in [0.25, 0.3) is 0 Å². The van der Waals surface area contributed by atoms with Crippen molar-refractivity contribution in [2.75, 3.05) is 20.3 Å². The number of methoxy groups -OCH3 is 1. The molecule has 0 bridgehead atoms. The first-order valence-corrected chi connectivity index (χ1v) is 10.4. The van der Waals surface area contributed by atoms with Crippen molar-refractivity contribution in [3.8, 4) is 5.75 Å². The van der Waals surface area contributed by atoms with Crippen molar-refractivity contribution in [1.82, 2.24) is 4.90 Å². The number of nitrogens with zero attached hydrogens (tertiary/aromatic N) is 2. The van der Waals surface area contributed by atoms with Gasteiger partial charge in [-0.3, -0.25) is 0 Å². The number of fused-ring (bicyclic) bond motifs is 1. The summed E-state index contributed by atoms with van der Waals surface area (Å²) < 4.78 is 24.2. The van der Waals surface area contributed by atoms with Crippen molar-refractivity contribution in [2.45, 2.75) is 25.5 Å². The number of oxime groups is 1. The van der Waals surface area contributed by atoms with Gasteiger partial charge < -0.3 is 19.2 Å². The second-order valence-electron chi connectivity index (χ2n) is 7.43. The molecule has 1 saturated heterocycles. The lowest BCUT2D eigenvalue weighted by Crippen LogP contribution is -2.73. The molecular formula is C23H25FN3O5+. The van der Waals surface area contributed by atoms with Gasteiger partial charge in [-0.05, 0) is 73.4 Å². The van der Waals surface area contributed by atoms with E-state index in [2.05, 4.69) is 5.16 Å². The van der Waals surface area contributed by atoms with Gasteiger partial charge in [0.05, 0.1) is 13.7 Å². The highest BCUT2D eigenvalue weighted by molar-refractivity contribution is 6.06. The van der Waals surface area contributed by atoms with Crippen molar-refractivity contribution in [3.05, 3.63) is 65.0 Å². The van der Waals surface area contributed by atoms with E-state index in [1.54, 1.807) is 17.9 Å². The van der Waals surface area contributed by atoms with Crippen LogP contribution in [0.15, 0.2) is 53.2 Å². The first-order chi connectivity index (χ1) is 15.5. The Balaban J connectivity index is 1.73. The lowest BCUT2D eigenvalue weighted by molar-refractivity contribution is -0.825. The summed E-state index contributed by atoms with van der Waals surface area (Å²) in [6.07, 6.45) is 3.44. The summed E-state index contributed by atoms with van der Waals surface area (Å²) in [5.41, 5.74) is 2.13. The van der Waals surface area contributed by atoms with Crippen LogP contribution in [0.3, 0.4) is 0 Å². The van der Waals surface area contributed by atoms with E-state index in [0.29, 0.717) is 29.4 Å². The monoisotopic (exact) mass is 442 g/mol. The Morgan fingerprint density at radius 2 is 2.12 bits per heavy atom. The quantitative estimate of drug-likeness (QED) is 0.406. The molecule has 3 N–H and O–H groups in total. The van der Waals surface area contributed by atoms with Gasteiger partial charge in [0.2, 0.25) is 5.69 Å². The van der Waals surface area contributed by atoms with Crippen LogP contribution in [-0.2, 0) is 20.1 Å². The normalized spacial score (nSPS) is 21.1. The number of esters is 1. The molecule has 0 aromatic heterocycles. The summed E-state index contributed by atoms with van der Waals surface area (Å²) in [6.45, 7) is 2.41. The highest BCUT2D eigenvalue weighted by Gasteiger charge is 2.57. The molecular weight excluding hydrogens is 417 g/mol. The average Bonchev–Trinajstić information content (AvgIpc) is 3.21. The Morgan fingerprint density at radius 1 is 1.34 bits per heavy atom. The third kappa shape index (κ3) is 3.69. The Labute approximate surface area is 184 Å². The van der Waals surface area contributed by atoms with Crippen LogP contribution in [0, 0.1) is 5.82 Å². The van der Waals surface area contributed by atoms with E-state index in [4.69, 9.17) is 14.3 Å². The smallest absolute Gasteiger partial charge is 0.380 e. The number of nitrogens with two attached hydrogens (primary N) is 1. The fourth-order valence-electron chi connectivity index (χ4n) is 4.03. The van der Waals surface area contributed by atoms with E-state index in [-0.39, 0.29) is 6.61 Å². The lowest BCUT2D eigenvalue weighted by atomic mass is 9.94. The number of rotatable bonds is 6. The molecule has 4 rings (SSSR count). The molecule has 2 aromatic carbocycles. The summed E-state index contributed by atoms with van der Waals surface area (Å²) in [7, 11) is 1.53. The second kappa shape index (κ2) is 8.97. The minimum Gasteiger partial charge on any atom is -0.491 e. The van der Waals surface area contributed by atoms with E-state index in [0.717, 1.165) is 29.5 Å². The summed E-state index contributed by atoms with van der Waals surface area (Å²) in [6, 6.07) is 11.0. The summed E-state index contributed by atoms with van der Waals surface area (Å²) in [4.78, 5) is 20.7. The third-order valence-corrected chi connectivity index (χ3v) is 5.54. The number of carbonyl (C=O) groups is 1. The van der Waals surface area contributed by atoms with Gasteiger partial charge in [-0.2, -0.15) is 5.48 Å². The number of piperidine rings is 1. The minimum atomic E-state index is -1.61. The van der Waals surface area contributed by atoms with Crippen LogP contribution >= 0.6 is 0 Å². The molecule has 8 nitrogen and oxygen atoms in total. The molecule has 1 fully saturated rings. The number of amidine groups is 1. The molecule has 1 unspecified atom stereocenters. The highest BCUT2D eigenvalue weighted by Crippen LogP contribution is 2.41. The van der Waals surface area contributed by atoms with Crippen molar-refractivity contribution in [2.24, 2.45) is 5.16 Å². The van der Waals surface area contributed by atoms with Crippen LogP contribution in [-0.4, -0.2) is 42.2 Å². The SMILES string of the molecule is CCOC(=O)C1(c2ccc(F)cc2)ON=C2/C(=C/c3ccc([NH2+]O)c(OC)c3)CCCN21. The predicted octanol–water partition coefficient (Wildman–Crippen LogP) is 2.66. The molecule has 0 radical (unpaired) electrons. The molecule has 0 saturated carbocycles. The lowest BCUT2D eigenvalue weighted by Gasteiger charge is -2.37. The molecule has 2 heterocycles. The topological polar surface area (TPSA) is 97.2 Å². The van der Waals surface area contributed by atoms with E-state index in [1.807, 2.05) is 18.2 Å². The zero-order valence-corrected chi connectivity index (χ0v) is 17.9. The number of hydrogen-bond acceptors (Lipinski definition) is 7. The molecule has 0 spiro atoms. The summed E-state index contributed by atoms with van der Waals surface area (Å²) >= 11 is 0. The Hall–Kier alpha value is -3.43. The predicted molar refractivity (Wildman–Crippen MR) is 114 cm³/mol. The highest BCUT2D eigenvalue weighted by atomic mass is 19.1. The Kier molecular flexibility index (Phi) is 6.11. The van der Waals surface area contributed by atoms with Crippen molar-refractivity contribution in [3.63, 3.8) is 0 Å². The summed E-state index contributed by atoms with van der Waals surface area (Å²) in [5, 5.41) is 13.6. The van der Waals surface area contributed by atoms with Crippen LogP contribution in [0.5, 0.6) is 5.75 Å². The zero-order valence-electron chi connectivity index (χ0n) is 17.9. The van der Waals surface area contributed by atoms with Gasteiger partial charge in [0.15, 0.2) is 11.6 Å². The molecule has 168 valence electrons. The first-order valence-electron chi connectivity index (χ1n) is 10.4. The van der Waals surface area contributed by atoms with Gasteiger partial charge in [0, 0.05) is 18.2 Å². The summed E-state index contributed by atoms with van der Waals surface area (Å²) in [5.74, 6) is 0.0523. The third-order valence-electron chi connectivity index (χ3n) is 5.54. The molecule has 1 atom stereocenters. The molecule has 0 amide bonds. The second-order valence-corrected chi connectivity index (χ2v) is 7.43. The molecule has 2 aromatic rings. The molecule has 2 aliphatic heterocycles. The zero-order chi connectivity index (χ0) is 22.7. The minimum absolute atomic E-state index is 0.172. The fourth-order valence-corrected chi connectivity index (χ4v) is 4.03. The van der Waals surface area contributed by atoms with Crippen molar-refractivity contribution < 1.29 is 34.2 Å². The van der Waals surface area contributed by atoms with Crippen molar-refractivity contribution in [1.29, 1.82) is 0 Å². The van der Waals surface area contributed by atoms with E-state index in [9.17, 15) is 14.4 Å². The number of hydrogen-bond donors (Lipinski definition) is 2. The van der Waals surface area contributed by atoms with Gasteiger partial charge in [-0.1, -0.05) is 5.16 Å². The van der Waals surface area contributed by atoms with Crippen LogP contribution in [0.1, 0.15) is 30.9 Å². The van der Waals surface area contributed by atoms with Crippen LogP contribution in [0.2, 0.25) is 0 Å². The molecule has 2 aliphatic rings. The molecule has 0 aliphatic carbocycles. The van der Waals surface area contributed by atoms with Gasteiger partial charge >= 0.3 is 11.7 Å². The number of carbonyl (C=O) groups excluding carboxylic acids is 1. The number of ether oxygens (including phenoxy) is 2. The number of benzene rings is 2. The van der Waals surface area contributed by atoms with E-state index >= 15 is 0 Å². The standard InChI is InChI=1S/C23H24FN3O5/c1-3-31-22(28)23(17-7-9-18(24)10-8-17)27-12-4-5-16(21(27)26-32-23)13-15-6-11-19(25-29)20(14-15)30-2/h6-11,13-14,25,29H,3-5,12H2,1-2H3/p+1/b16-13+. The van der Waals surface area contributed by atoms with Gasteiger partial charge in [-0.25, -0.2) is 14.4 Å². The largest absolute Gasteiger partial charge is 0.491 e. The molecule has 9 heteroatoms. The number of quaternary nitrogens is 1. The van der Waals surface area contributed by atoms with Crippen LogP contribution in [0.4, 0.5) is 10.1 Å². The molecule has 32 heavy (non-hydrogen) atoms. The van der Waals surface area contributed by atoms with E-state index < -0.39 is 17.5 Å². The van der Waals surface area contributed by atoms with Gasteiger partial charge in [0.1, 0.15) is 5.82 Å². The maximum atomic E-state index is 13.6. The van der Waals surface area contributed by atoms with Crippen LogP contribution < -0.4 is 10.2 Å². The van der Waals surface area contributed by atoms with Crippen LogP contribution in [0.25, 0.3) is 6.08 Å². The maximum Gasteiger partial charge on any atom is 0.380 e.